The van der Waals surface area contributed by atoms with E-state index in [0.717, 1.165) is 0 Å². The Morgan fingerprint density at radius 2 is 2.05 bits per heavy atom. The molecule has 3 nitrogen and oxygen atoms in total. The smallest absolute Gasteiger partial charge is 0.258 e. The molecule has 19 heavy (non-hydrogen) atoms. The number of halogens is 4. The van der Waals surface area contributed by atoms with Crippen LogP contribution in [0.4, 0.5) is 10.1 Å². The second-order valence-corrected chi connectivity index (χ2v) is 5.70. The van der Waals surface area contributed by atoms with Crippen molar-refractivity contribution in [2.45, 2.75) is 0 Å². The largest absolute Gasteiger partial charge is 0.321 e. The number of nitrogens with zero attached hydrogens (tertiary/aromatic N) is 1. The van der Waals surface area contributed by atoms with Crippen LogP contribution in [-0.2, 0) is 0 Å². The van der Waals surface area contributed by atoms with Crippen molar-refractivity contribution >= 4 is 55.1 Å². The summed E-state index contributed by atoms with van der Waals surface area (Å²) in [5.74, 6) is -0.915. The lowest BCUT2D eigenvalue weighted by Crippen LogP contribution is -2.13. The number of carbonyl (C=O) groups is 1. The third-order valence-electron chi connectivity index (χ3n) is 2.23. The Balaban J connectivity index is 2.30. The van der Waals surface area contributed by atoms with Crippen LogP contribution in [0, 0.1) is 5.82 Å². The van der Waals surface area contributed by atoms with Crippen LogP contribution in [0.1, 0.15) is 10.4 Å². The number of aromatic nitrogens is 1. The molecule has 0 spiro atoms. The highest BCUT2D eigenvalue weighted by Crippen LogP contribution is 2.25. The van der Waals surface area contributed by atoms with E-state index in [1.807, 2.05) is 0 Å². The standard InChI is InChI=1S/C12H6Br2ClFN2O/c13-6-3-8(11(15)17-5-6)12(19)18-10-4-7(16)1-2-9(10)14/h1-5H,(H,18,19). The predicted molar refractivity (Wildman–Crippen MR) is 79.0 cm³/mol. The SMILES string of the molecule is O=C(Nc1cc(F)ccc1Br)c1cc(Br)cnc1Cl. The van der Waals surface area contributed by atoms with Crippen LogP contribution >= 0.6 is 43.5 Å². The van der Waals surface area contributed by atoms with Gasteiger partial charge in [-0.05, 0) is 56.1 Å². The summed E-state index contributed by atoms with van der Waals surface area (Å²) in [6.45, 7) is 0. The molecule has 0 aliphatic heterocycles. The van der Waals surface area contributed by atoms with Crippen LogP contribution < -0.4 is 5.32 Å². The highest BCUT2D eigenvalue weighted by molar-refractivity contribution is 9.10. The molecule has 0 unspecified atom stereocenters. The van der Waals surface area contributed by atoms with Crippen molar-refractivity contribution in [1.82, 2.24) is 4.98 Å². The summed E-state index contributed by atoms with van der Waals surface area (Å²) in [6, 6.07) is 5.54. The van der Waals surface area contributed by atoms with Gasteiger partial charge in [-0.3, -0.25) is 4.79 Å². The molecule has 1 N–H and O–H groups in total. The second kappa shape index (κ2) is 5.98. The van der Waals surface area contributed by atoms with Crippen molar-refractivity contribution in [2.24, 2.45) is 0 Å². The van der Waals surface area contributed by atoms with E-state index < -0.39 is 11.7 Å². The number of rotatable bonds is 2. The first-order chi connectivity index (χ1) is 8.97. The maximum Gasteiger partial charge on any atom is 0.258 e. The van der Waals surface area contributed by atoms with Gasteiger partial charge in [-0.2, -0.15) is 0 Å². The number of pyridine rings is 1. The van der Waals surface area contributed by atoms with E-state index >= 15 is 0 Å². The van der Waals surface area contributed by atoms with Gasteiger partial charge in [-0.15, -0.1) is 0 Å². The topological polar surface area (TPSA) is 42.0 Å². The van der Waals surface area contributed by atoms with Gasteiger partial charge in [0.2, 0.25) is 0 Å². The van der Waals surface area contributed by atoms with Crippen LogP contribution in [0.3, 0.4) is 0 Å². The summed E-state index contributed by atoms with van der Waals surface area (Å²) < 4.78 is 14.3. The van der Waals surface area contributed by atoms with Gasteiger partial charge in [-0.1, -0.05) is 11.6 Å². The molecule has 98 valence electrons. The van der Waals surface area contributed by atoms with Gasteiger partial charge >= 0.3 is 0 Å². The van der Waals surface area contributed by atoms with Crippen LogP contribution in [0.25, 0.3) is 0 Å². The molecule has 0 radical (unpaired) electrons. The molecular formula is C12H6Br2ClFN2O. The van der Waals surface area contributed by atoms with Crippen molar-refractivity contribution < 1.29 is 9.18 Å². The Morgan fingerprint density at radius 3 is 2.79 bits per heavy atom. The molecule has 0 aliphatic rings. The summed E-state index contributed by atoms with van der Waals surface area (Å²) in [6.07, 6.45) is 1.48. The highest BCUT2D eigenvalue weighted by Gasteiger charge is 2.14. The first-order valence-electron chi connectivity index (χ1n) is 5.05. The number of anilines is 1. The average Bonchev–Trinajstić information content (AvgIpc) is 2.36. The van der Waals surface area contributed by atoms with Crippen LogP contribution in [-0.4, -0.2) is 10.9 Å². The van der Waals surface area contributed by atoms with Gasteiger partial charge < -0.3 is 5.32 Å². The molecule has 0 saturated heterocycles. The molecule has 0 bridgehead atoms. The molecule has 2 aromatic rings. The third kappa shape index (κ3) is 3.52. The minimum Gasteiger partial charge on any atom is -0.321 e. The zero-order valence-corrected chi connectivity index (χ0v) is 13.2. The molecule has 1 amide bonds. The lowest BCUT2D eigenvalue weighted by Gasteiger charge is -2.08. The number of hydrogen-bond acceptors (Lipinski definition) is 2. The normalized spacial score (nSPS) is 10.3. The van der Waals surface area contributed by atoms with Crippen molar-refractivity contribution in [3.8, 4) is 0 Å². The third-order valence-corrected chi connectivity index (χ3v) is 3.65. The van der Waals surface area contributed by atoms with E-state index in [2.05, 4.69) is 42.2 Å². The molecular weight excluding hydrogens is 402 g/mol. The first-order valence-corrected chi connectivity index (χ1v) is 7.01. The summed E-state index contributed by atoms with van der Waals surface area (Å²) in [4.78, 5) is 15.9. The van der Waals surface area contributed by atoms with E-state index in [1.54, 1.807) is 0 Å². The monoisotopic (exact) mass is 406 g/mol. The van der Waals surface area contributed by atoms with E-state index in [0.29, 0.717) is 14.6 Å². The average molecular weight is 408 g/mol. The van der Waals surface area contributed by atoms with Crippen molar-refractivity contribution in [3.63, 3.8) is 0 Å². The second-order valence-electron chi connectivity index (χ2n) is 3.57. The van der Waals surface area contributed by atoms with E-state index in [-0.39, 0.29) is 10.7 Å². The molecule has 7 heteroatoms. The summed E-state index contributed by atoms with van der Waals surface area (Å²) in [7, 11) is 0. The first kappa shape index (κ1) is 14.4. The summed E-state index contributed by atoms with van der Waals surface area (Å²) >= 11 is 12.3. The fraction of sp³-hybridized carbons (Fsp3) is 0. The number of amides is 1. The molecule has 2 rings (SSSR count). The maximum atomic E-state index is 13.1. The van der Waals surface area contributed by atoms with Crippen LogP contribution in [0.5, 0.6) is 0 Å². The van der Waals surface area contributed by atoms with Crippen molar-refractivity contribution in [2.75, 3.05) is 5.32 Å². The lowest BCUT2D eigenvalue weighted by molar-refractivity contribution is 0.102. The van der Waals surface area contributed by atoms with Gasteiger partial charge in [0, 0.05) is 15.1 Å². The van der Waals surface area contributed by atoms with Gasteiger partial charge in [0.25, 0.3) is 5.91 Å². The number of carbonyl (C=O) groups excluding carboxylic acids is 1. The molecule has 1 aromatic heterocycles. The number of nitrogens with one attached hydrogen (secondary N) is 1. The van der Waals surface area contributed by atoms with Crippen LogP contribution in [0.15, 0.2) is 39.4 Å². The zero-order valence-electron chi connectivity index (χ0n) is 9.25. The molecule has 0 fully saturated rings. The Bertz CT molecular complexity index is 652. The fourth-order valence-electron chi connectivity index (χ4n) is 1.36. The van der Waals surface area contributed by atoms with Gasteiger partial charge in [0.05, 0.1) is 11.3 Å². The highest BCUT2D eigenvalue weighted by atomic mass is 79.9. The Labute approximate surface area is 130 Å². The quantitative estimate of drug-likeness (QED) is 0.735. The number of hydrogen-bond donors (Lipinski definition) is 1. The Hall–Kier alpha value is -0.980. The predicted octanol–water partition coefficient (Wildman–Crippen LogP) is 4.65. The van der Waals surface area contributed by atoms with E-state index in [9.17, 15) is 9.18 Å². The minimum atomic E-state index is -0.467. The number of benzene rings is 1. The van der Waals surface area contributed by atoms with E-state index in [4.69, 9.17) is 11.6 Å². The van der Waals surface area contributed by atoms with E-state index in [1.165, 1.54) is 30.5 Å². The summed E-state index contributed by atoms with van der Waals surface area (Å²) in [5, 5.41) is 2.64. The molecule has 0 aliphatic carbocycles. The van der Waals surface area contributed by atoms with Crippen molar-refractivity contribution in [1.29, 1.82) is 0 Å². The molecule has 1 heterocycles. The molecule has 1 aromatic carbocycles. The molecule has 0 saturated carbocycles. The molecule has 0 atom stereocenters. The van der Waals surface area contributed by atoms with Gasteiger partial charge in [-0.25, -0.2) is 9.37 Å². The summed E-state index contributed by atoms with van der Waals surface area (Å²) in [5.41, 5.74) is 0.522. The van der Waals surface area contributed by atoms with Gasteiger partial charge in [0.15, 0.2) is 0 Å². The fourth-order valence-corrected chi connectivity index (χ4v) is 2.23. The maximum absolute atomic E-state index is 13.1. The van der Waals surface area contributed by atoms with Crippen LogP contribution in [0.2, 0.25) is 5.15 Å². The Morgan fingerprint density at radius 1 is 1.32 bits per heavy atom. The Kier molecular flexibility index (Phi) is 4.54. The zero-order chi connectivity index (χ0) is 14.0. The van der Waals surface area contributed by atoms with Crippen molar-refractivity contribution in [3.05, 3.63) is 55.9 Å². The van der Waals surface area contributed by atoms with Gasteiger partial charge in [0.1, 0.15) is 11.0 Å². The lowest BCUT2D eigenvalue weighted by atomic mass is 10.2. The minimum absolute atomic E-state index is 0.0771.